The minimum absolute atomic E-state index is 0.116. The third kappa shape index (κ3) is 2.94. The van der Waals surface area contributed by atoms with E-state index in [2.05, 4.69) is 47.7 Å². The van der Waals surface area contributed by atoms with E-state index in [4.69, 9.17) is 10.5 Å². The molecule has 0 saturated carbocycles. The lowest BCUT2D eigenvalue weighted by molar-refractivity contribution is -0.0257. The second-order valence-corrected chi connectivity index (χ2v) is 5.75. The van der Waals surface area contributed by atoms with Crippen LogP contribution in [0.1, 0.15) is 38.5 Å². The molecular weight excluding hydrogens is 230 g/mol. The van der Waals surface area contributed by atoms with Crippen LogP contribution in [-0.2, 0) is 10.2 Å². The Balaban J connectivity index is 2.30. The minimum Gasteiger partial charge on any atom is -0.368 e. The zero-order chi connectivity index (χ0) is 13.3. The van der Waals surface area contributed by atoms with Crippen molar-refractivity contribution < 1.29 is 4.74 Å². The number of hydrogen-bond acceptors (Lipinski definition) is 6. The summed E-state index contributed by atoms with van der Waals surface area (Å²) in [5.41, 5.74) is 5.62. The molecule has 2 N–H and O–H groups in total. The smallest absolute Gasteiger partial charge is 0.223 e. The molecule has 1 atom stereocenters. The summed E-state index contributed by atoms with van der Waals surface area (Å²) in [5, 5.41) is 0. The molecule has 1 aromatic heterocycles. The predicted octanol–water partition coefficient (Wildman–Crippen LogP) is 0.754. The number of nitrogens with two attached hydrogens (primary N) is 1. The second-order valence-electron chi connectivity index (χ2n) is 5.75. The first-order valence-electron chi connectivity index (χ1n) is 6.18. The monoisotopic (exact) mass is 251 g/mol. The van der Waals surface area contributed by atoms with Gasteiger partial charge in [-0.15, -0.1) is 0 Å². The summed E-state index contributed by atoms with van der Waals surface area (Å²) < 4.78 is 5.71. The van der Waals surface area contributed by atoms with Crippen molar-refractivity contribution in [2.24, 2.45) is 0 Å². The lowest BCUT2D eigenvalue weighted by Gasteiger charge is -2.29. The summed E-state index contributed by atoms with van der Waals surface area (Å²) in [5.74, 6) is 1.61. The molecule has 0 bridgehead atoms. The van der Waals surface area contributed by atoms with Crippen molar-refractivity contribution in [2.45, 2.75) is 32.3 Å². The Bertz CT molecular complexity index is 429. The third-order valence-electron chi connectivity index (χ3n) is 2.90. The van der Waals surface area contributed by atoms with Crippen LogP contribution in [0.25, 0.3) is 0 Å². The first-order chi connectivity index (χ1) is 8.36. The molecule has 0 aliphatic carbocycles. The van der Waals surface area contributed by atoms with Crippen LogP contribution in [0.2, 0.25) is 0 Å². The van der Waals surface area contributed by atoms with Crippen LogP contribution in [0.5, 0.6) is 0 Å². The normalized spacial score (nSPS) is 22.1. The zero-order valence-corrected chi connectivity index (χ0v) is 11.5. The molecule has 2 heterocycles. The molecule has 18 heavy (non-hydrogen) atoms. The highest BCUT2D eigenvalue weighted by Gasteiger charge is 2.26. The van der Waals surface area contributed by atoms with Crippen LogP contribution in [0.3, 0.4) is 0 Å². The van der Waals surface area contributed by atoms with Crippen molar-refractivity contribution in [3.8, 4) is 0 Å². The van der Waals surface area contributed by atoms with Gasteiger partial charge >= 0.3 is 0 Å². The standard InChI is InChI=1S/C12H21N5O/c1-12(2,3)10-14-9(15-11(13)16-10)8-7-17(4)5-6-18-8/h8H,5-7H2,1-4H3,(H2,13,14,15,16). The molecule has 1 unspecified atom stereocenters. The molecule has 0 spiro atoms. The highest BCUT2D eigenvalue weighted by Crippen LogP contribution is 2.23. The number of nitrogens with zero attached hydrogens (tertiary/aromatic N) is 4. The van der Waals surface area contributed by atoms with Gasteiger partial charge in [-0.3, -0.25) is 0 Å². The van der Waals surface area contributed by atoms with Gasteiger partial charge in [0.25, 0.3) is 0 Å². The minimum atomic E-state index is -0.146. The maximum Gasteiger partial charge on any atom is 0.223 e. The highest BCUT2D eigenvalue weighted by atomic mass is 16.5. The van der Waals surface area contributed by atoms with Gasteiger partial charge in [-0.25, -0.2) is 4.98 Å². The first kappa shape index (κ1) is 13.2. The van der Waals surface area contributed by atoms with Crippen molar-refractivity contribution in [2.75, 3.05) is 32.5 Å². The van der Waals surface area contributed by atoms with Gasteiger partial charge in [0.1, 0.15) is 11.9 Å². The average molecular weight is 251 g/mol. The van der Waals surface area contributed by atoms with Gasteiger partial charge in [0.05, 0.1) is 6.61 Å². The first-order valence-corrected chi connectivity index (χ1v) is 6.18. The van der Waals surface area contributed by atoms with Gasteiger partial charge in [-0.2, -0.15) is 9.97 Å². The van der Waals surface area contributed by atoms with Crippen LogP contribution in [-0.4, -0.2) is 46.6 Å². The maximum absolute atomic E-state index is 5.77. The number of hydrogen-bond donors (Lipinski definition) is 1. The van der Waals surface area contributed by atoms with Crippen molar-refractivity contribution >= 4 is 5.95 Å². The molecule has 2 rings (SSSR count). The van der Waals surface area contributed by atoms with Crippen molar-refractivity contribution in [1.82, 2.24) is 19.9 Å². The van der Waals surface area contributed by atoms with Gasteiger partial charge in [0.2, 0.25) is 5.95 Å². The predicted molar refractivity (Wildman–Crippen MR) is 69.1 cm³/mol. The Labute approximate surface area is 108 Å². The van der Waals surface area contributed by atoms with E-state index in [1.54, 1.807) is 0 Å². The Kier molecular flexibility index (Phi) is 3.49. The van der Waals surface area contributed by atoms with Gasteiger partial charge in [-0.1, -0.05) is 20.8 Å². The van der Waals surface area contributed by atoms with Gasteiger partial charge in [-0.05, 0) is 7.05 Å². The fraction of sp³-hybridized carbons (Fsp3) is 0.750. The van der Waals surface area contributed by atoms with E-state index in [0.717, 1.165) is 13.1 Å². The summed E-state index contributed by atoms with van der Waals surface area (Å²) in [6, 6.07) is 0. The van der Waals surface area contributed by atoms with E-state index in [1.165, 1.54) is 0 Å². The highest BCUT2D eigenvalue weighted by molar-refractivity contribution is 5.20. The topological polar surface area (TPSA) is 77.2 Å². The van der Waals surface area contributed by atoms with Gasteiger partial charge in [0.15, 0.2) is 5.82 Å². The molecule has 1 saturated heterocycles. The summed E-state index contributed by atoms with van der Waals surface area (Å²) in [4.78, 5) is 15.1. The largest absolute Gasteiger partial charge is 0.368 e. The number of rotatable bonds is 1. The summed E-state index contributed by atoms with van der Waals surface area (Å²) in [7, 11) is 2.06. The lowest BCUT2D eigenvalue weighted by Crippen LogP contribution is -2.36. The Morgan fingerprint density at radius 3 is 2.61 bits per heavy atom. The van der Waals surface area contributed by atoms with E-state index in [0.29, 0.717) is 18.3 Å². The number of nitrogen functional groups attached to an aromatic ring is 1. The zero-order valence-electron chi connectivity index (χ0n) is 11.5. The summed E-state index contributed by atoms with van der Waals surface area (Å²) in [6.07, 6.45) is -0.116. The number of anilines is 1. The van der Waals surface area contributed by atoms with Crippen LogP contribution in [0.15, 0.2) is 0 Å². The van der Waals surface area contributed by atoms with E-state index in [-0.39, 0.29) is 17.5 Å². The molecule has 0 radical (unpaired) electrons. The van der Waals surface area contributed by atoms with E-state index in [1.807, 2.05) is 0 Å². The van der Waals surface area contributed by atoms with Crippen molar-refractivity contribution in [3.05, 3.63) is 11.6 Å². The molecule has 6 heteroatoms. The molecule has 1 aliphatic heterocycles. The van der Waals surface area contributed by atoms with Crippen LogP contribution in [0.4, 0.5) is 5.95 Å². The van der Waals surface area contributed by atoms with Gasteiger partial charge < -0.3 is 15.4 Å². The number of ether oxygens (including phenoxy) is 1. The summed E-state index contributed by atoms with van der Waals surface area (Å²) in [6.45, 7) is 8.58. The van der Waals surface area contributed by atoms with E-state index in [9.17, 15) is 0 Å². The molecule has 1 fully saturated rings. The quantitative estimate of drug-likeness (QED) is 0.794. The fourth-order valence-corrected chi connectivity index (χ4v) is 1.82. The van der Waals surface area contributed by atoms with E-state index >= 15 is 0 Å². The van der Waals surface area contributed by atoms with Crippen LogP contribution in [0, 0.1) is 0 Å². The maximum atomic E-state index is 5.77. The molecule has 6 nitrogen and oxygen atoms in total. The van der Waals surface area contributed by atoms with Gasteiger partial charge in [0, 0.05) is 18.5 Å². The second kappa shape index (κ2) is 4.78. The third-order valence-corrected chi connectivity index (χ3v) is 2.90. The van der Waals surface area contributed by atoms with Crippen molar-refractivity contribution in [1.29, 1.82) is 0 Å². The molecule has 100 valence electrons. The Morgan fingerprint density at radius 2 is 2.00 bits per heavy atom. The number of morpholine rings is 1. The Hall–Kier alpha value is -1.27. The molecule has 1 aliphatic rings. The van der Waals surface area contributed by atoms with Crippen LogP contribution < -0.4 is 5.73 Å². The van der Waals surface area contributed by atoms with E-state index < -0.39 is 0 Å². The fourth-order valence-electron chi connectivity index (χ4n) is 1.82. The molecule has 0 aromatic carbocycles. The Morgan fingerprint density at radius 1 is 1.28 bits per heavy atom. The lowest BCUT2D eigenvalue weighted by atomic mass is 9.96. The van der Waals surface area contributed by atoms with Crippen molar-refractivity contribution in [3.63, 3.8) is 0 Å². The SMILES string of the molecule is CN1CCOC(c2nc(N)nc(C(C)(C)C)n2)C1. The number of likely N-dealkylation sites (N-methyl/N-ethyl adjacent to an activating group) is 1. The molecular formula is C12H21N5O. The summed E-state index contributed by atoms with van der Waals surface area (Å²) >= 11 is 0. The molecule has 1 aromatic rings. The average Bonchev–Trinajstić information content (AvgIpc) is 2.27. The molecule has 0 amide bonds. The van der Waals surface area contributed by atoms with Crippen LogP contribution >= 0.6 is 0 Å². The number of aromatic nitrogens is 3.